The SMILES string of the molecule is CC/C=C\C/C=C\C/C=C\C/C=C\C/C=C\C/C=C\C/C=C\C/C=C\CCCCCCCCCCC(=O)NC(CO)C(O)CCCCCCCCCCCCCCCCCCCCCCCCCCCCCCC. The van der Waals surface area contributed by atoms with Crippen molar-refractivity contribution < 1.29 is 15.0 Å². The quantitative estimate of drug-likeness (QED) is 0.0420. The molecule has 0 heterocycles. The molecule has 0 bridgehead atoms. The maximum atomic E-state index is 12.5. The lowest BCUT2D eigenvalue weighted by Crippen LogP contribution is -2.45. The van der Waals surface area contributed by atoms with Gasteiger partial charge in [-0.05, 0) is 77.0 Å². The van der Waals surface area contributed by atoms with Crippen LogP contribution in [0.5, 0.6) is 0 Å². The van der Waals surface area contributed by atoms with Gasteiger partial charge < -0.3 is 15.5 Å². The lowest BCUT2D eigenvalue weighted by atomic mass is 10.0. The average molecular weight is 1030 g/mol. The van der Waals surface area contributed by atoms with Gasteiger partial charge in [0.25, 0.3) is 0 Å². The van der Waals surface area contributed by atoms with E-state index in [0.29, 0.717) is 12.8 Å². The smallest absolute Gasteiger partial charge is 0.220 e. The molecule has 0 aromatic heterocycles. The number of hydrogen-bond acceptors (Lipinski definition) is 3. The van der Waals surface area contributed by atoms with Gasteiger partial charge in [0.1, 0.15) is 0 Å². The van der Waals surface area contributed by atoms with Crippen molar-refractivity contribution in [2.75, 3.05) is 6.61 Å². The first-order chi connectivity index (χ1) is 36.7. The van der Waals surface area contributed by atoms with Crippen LogP contribution in [0.25, 0.3) is 0 Å². The second-order valence-electron chi connectivity index (χ2n) is 21.8. The van der Waals surface area contributed by atoms with E-state index in [2.05, 4.69) is 116 Å². The highest BCUT2D eigenvalue weighted by molar-refractivity contribution is 5.76. The Balaban J connectivity index is 3.51. The van der Waals surface area contributed by atoms with Gasteiger partial charge in [0.2, 0.25) is 5.91 Å². The Morgan fingerprint density at radius 1 is 0.338 bits per heavy atom. The second kappa shape index (κ2) is 64.6. The van der Waals surface area contributed by atoms with Gasteiger partial charge in [-0.1, -0.05) is 336 Å². The summed E-state index contributed by atoms with van der Waals surface area (Å²) in [6.07, 6.45) is 95.7. The Morgan fingerprint density at radius 3 is 0.892 bits per heavy atom. The van der Waals surface area contributed by atoms with E-state index in [1.54, 1.807) is 0 Å². The topological polar surface area (TPSA) is 69.6 Å². The molecule has 0 saturated heterocycles. The van der Waals surface area contributed by atoms with E-state index in [9.17, 15) is 15.0 Å². The van der Waals surface area contributed by atoms with Gasteiger partial charge in [0.05, 0.1) is 18.8 Å². The number of carbonyl (C=O) groups is 1. The zero-order valence-corrected chi connectivity index (χ0v) is 49.3. The standard InChI is InChI=1S/C70H125NO3/c1-3-5-7-9-11-13-15-17-19-21-23-25-27-29-31-33-34-35-36-38-40-42-44-46-48-50-52-54-56-58-60-62-64-66-70(74)71-68(67-72)69(73)65-63-61-59-57-55-53-51-49-47-45-43-41-39-37-32-30-28-26-24-22-20-18-16-14-12-10-8-6-4-2/h5,7,11,13,17,19,23,25,29,31,34-35,38,40,44,46,68-69,72-73H,3-4,6,8-10,12,14-16,18,20-22,24,26-28,30,32-33,36-37,39,41-43,45,47-67H2,1-2H3,(H,71,74)/b7-5-,13-11-,19-17-,25-23-,31-29-,35-34-,40-38-,46-44-. The predicted octanol–water partition coefficient (Wildman–Crippen LogP) is 22.0. The van der Waals surface area contributed by atoms with Crippen molar-refractivity contribution in [2.45, 2.75) is 334 Å². The van der Waals surface area contributed by atoms with Crippen LogP contribution >= 0.6 is 0 Å². The van der Waals surface area contributed by atoms with Gasteiger partial charge in [-0.15, -0.1) is 0 Å². The Morgan fingerprint density at radius 2 is 0.595 bits per heavy atom. The molecule has 3 N–H and O–H groups in total. The summed E-state index contributed by atoms with van der Waals surface area (Å²) >= 11 is 0. The van der Waals surface area contributed by atoms with E-state index < -0.39 is 12.1 Å². The number of nitrogens with one attached hydrogen (secondary N) is 1. The maximum absolute atomic E-state index is 12.5. The van der Waals surface area contributed by atoms with Crippen LogP contribution in [0, 0.1) is 0 Å². The number of aliphatic hydroxyl groups is 2. The fraction of sp³-hybridized carbons (Fsp3) is 0.757. The van der Waals surface area contributed by atoms with Crippen LogP contribution in [0.15, 0.2) is 97.2 Å². The molecule has 4 nitrogen and oxygen atoms in total. The zero-order chi connectivity index (χ0) is 53.4. The predicted molar refractivity (Wildman–Crippen MR) is 331 cm³/mol. The van der Waals surface area contributed by atoms with Crippen LogP contribution in [-0.4, -0.2) is 34.9 Å². The van der Waals surface area contributed by atoms with Gasteiger partial charge in [0, 0.05) is 6.42 Å². The van der Waals surface area contributed by atoms with E-state index in [1.165, 1.54) is 218 Å². The van der Waals surface area contributed by atoms with Crippen LogP contribution in [0.4, 0.5) is 0 Å². The van der Waals surface area contributed by atoms with E-state index in [4.69, 9.17) is 0 Å². The minimum Gasteiger partial charge on any atom is -0.394 e. The van der Waals surface area contributed by atoms with E-state index in [1.807, 2.05) is 0 Å². The number of allylic oxidation sites excluding steroid dienone is 16. The first-order valence-corrected chi connectivity index (χ1v) is 32.4. The Bertz CT molecular complexity index is 1350. The summed E-state index contributed by atoms with van der Waals surface area (Å²) < 4.78 is 0. The number of amides is 1. The van der Waals surface area contributed by atoms with Crippen molar-refractivity contribution in [1.29, 1.82) is 0 Å². The van der Waals surface area contributed by atoms with E-state index in [0.717, 1.165) is 77.0 Å². The molecule has 0 fully saturated rings. The molecule has 0 aromatic rings. The lowest BCUT2D eigenvalue weighted by molar-refractivity contribution is -0.123. The Hall–Kier alpha value is -2.69. The first kappa shape index (κ1) is 71.3. The molecular formula is C70H125NO3. The molecule has 0 rings (SSSR count). The average Bonchev–Trinajstić information content (AvgIpc) is 3.40. The summed E-state index contributed by atoms with van der Waals surface area (Å²) in [7, 11) is 0. The third kappa shape index (κ3) is 60.2. The van der Waals surface area contributed by atoms with Crippen LogP contribution in [0.2, 0.25) is 0 Å². The largest absolute Gasteiger partial charge is 0.394 e. The molecule has 428 valence electrons. The minimum absolute atomic E-state index is 0.0397. The number of hydrogen-bond donors (Lipinski definition) is 3. The number of unbranched alkanes of at least 4 members (excludes halogenated alkanes) is 36. The highest BCUT2D eigenvalue weighted by Gasteiger charge is 2.20. The van der Waals surface area contributed by atoms with Gasteiger partial charge >= 0.3 is 0 Å². The monoisotopic (exact) mass is 1030 g/mol. The molecular weight excluding hydrogens is 903 g/mol. The van der Waals surface area contributed by atoms with Crippen molar-refractivity contribution in [3.63, 3.8) is 0 Å². The molecule has 1 amide bonds. The first-order valence-electron chi connectivity index (χ1n) is 32.4. The number of rotatable bonds is 59. The summed E-state index contributed by atoms with van der Waals surface area (Å²) in [4.78, 5) is 12.5. The summed E-state index contributed by atoms with van der Waals surface area (Å²) in [5.41, 5.74) is 0. The molecule has 4 heteroatoms. The van der Waals surface area contributed by atoms with E-state index in [-0.39, 0.29) is 12.5 Å². The van der Waals surface area contributed by atoms with Gasteiger partial charge in [0.15, 0.2) is 0 Å². The molecule has 0 aliphatic rings. The second-order valence-corrected chi connectivity index (χ2v) is 21.8. The summed E-state index contributed by atoms with van der Waals surface area (Å²) in [6.45, 7) is 4.27. The fourth-order valence-corrected chi connectivity index (χ4v) is 9.73. The van der Waals surface area contributed by atoms with Crippen molar-refractivity contribution in [2.24, 2.45) is 0 Å². The highest BCUT2D eigenvalue weighted by atomic mass is 16.3. The van der Waals surface area contributed by atoms with Gasteiger partial charge in [-0.2, -0.15) is 0 Å². The van der Waals surface area contributed by atoms with Crippen molar-refractivity contribution in [3.8, 4) is 0 Å². The highest BCUT2D eigenvalue weighted by Crippen LogP contribution is 2.18. The summed E-state index contributed by atoms with van der Waals surface area (Å²) in [5.74, 6) is -0.0397. The number of carbonyl (C=O) groups excluding carboxylic acids is 1. The molecule has 0 aliphatic heterocycles. The van der Waals surface area contributed by atoms with Gasteiger partial charge in [-0.25, -0.2) is 0 Å². The molecule has 0 saturated carbocycles. The van der Waals surface area contributed by atoms with Crippen LogP contribution in [0.3, 0.4) is 0 Å². The maximum Gasteiger partial charge on any atom is 0.220 e. The summed E-state index contributed by atoms with van der Waals surface area (Å²) in [5, 5.41) is 23.4. The Kier molecular flexibility index (Phi) is 62.2. The summed E-state index contributed by atoms with van der Waals surface area (Å²) in [6, 6.07) is -0.549. The number of aliphatic hydroxyl groups excluding tert-OH is 2. The molecule has 0 aromatic carbocycles. The van der Waals surface area contributed by atoms with Crippen LogP contribution in [-0.2, 0) is 4.79 Å². The van der Waals surface area contributed by atoms with Crippen molar-refractivity contribution in [1.82, 2.24) is 5.32 Å². The van der Waals surface area contributed by atoms with E-state index >= 15 is 0 Å². The zero-order valence-electron chi connectivity index (χ0n) is 49.3. The molecule has 2 atom stereocenters. The minimum atomic E-state index is -0.671. The van der Waals surface area contributed by atoms with Crippen molar-refractivity contribution >= 4 is 5.91 Å². The molecule has 2 unspecified atom stereocenters. The molecule has 0 aliphatic carbocycles. The van der Waals surface area contributed by atoms with Crippen LogP contribution in [0.1, 0.15) is 322 Å². The third-order valence-electron chi connectivity index (χ3n) is 14.6. The van der Waals surface area contributed by atoms with Crippen LogP contribution < -0.4 is 5.32 Å². The normalized spacial score (nSPS) is 13.4. The van der Waals surface area contributed by atoms with Gasteiger partial charge in [-0.3, -0.25) is 4.79 Å². The molecule has 0 spiro atoms. The third-order valence-corrected chi connectivity index (χ3v) is 14.6. The molecule has 74 heavy (non-hydrogen) atoms. The molecule has 0 radical (unpaired) electrons. The fourth-order valence-electron chi connectivity index (χ4n) is 9.73. The lowest BCUT2D eigenvalue weighted by Gasteiger charge is -2.22. The van der Waals surface area contributed by atoms with Crippen molar-refractivity contribution in [3.05, 3.63) is 97.2 Å². The Labute approximate surface area is 462 Å².